The number of ether oxygens (including phenoxy) is 2. The third-order valence-electron chi connectivity index (χ3n) is 5.43. The molecule has 1 N–H and O–H groups in total. The van der Waals surface area contributed by atoms with Crippen molar-refractivity contribution in [2.75, 3.05) is 20.8 Å². The Kier molecular flexibility index (Phi) is 6.51. The molecule has 4 rings (SSSR count). The molecular weight excluding hydrogens is 406 g/mol. The molecular formula is C24H27N5O3. The van der Waals surface area contributed by atoms with Crippen LogP contribution in [0.4, 0.5) is 0 Å². The smallest absolute Gasteiger partial charge is 0.255 e. The summed E-state index contributed by atoms with van der Waals surface area (Å²) in [6.45, 7) is 4.32. The fourth-order valence-corrected chi connectivity index (χ4v) is 3.69. The summed E-state index contributed by atoms with van der Waals surface area (Å²) < 4.78 is 14.5. The third-order valence-corrected chi connectivity index (χ3v) is 5.43. The molecule has 166 valence electrons. The van der Waals surface area contributed by atoms with Gasteiger partial charge in [-0.2, -0.15) is 5.10 Å². The summed E-state index contributed by atoms with van der Waals surface area (Å²) in [5.41, 5.74) is 3.71. The van der Waals surface area contributed by atoms with E-state index in [1.165, 1.54) is 11.9 Å². The minimum absolute atomic E-state index is 0.0291. The van der Waals surface area contributed by atoms with Gasteiger partial charge in [0.25, 0.3) is 5.56 Å². The van der Waals surface area contributed by atoms with Crippen LogP contribution in [0.2, 0.25) is 0 Å². The topological polar surface area (TPSA) is 83.2 Å². The molecule has 2 aromatic heterocycles. The summed E-state index contributed by atoms with van der Waals surface area (Å²) in [4.78, 5) is 17.4. The van der Waals surface area contributed by atoms with Crippen LogP contribution in [0.5, 0.6) is 11.5 Å². The predicted octanol–water partition coefficient (Wildman–Crippen LogP) is 2.76. The standard InChI is InChI=1S/C24H27N5O3/c1-17-4-6-18(7-5-17)14-29-21-12-23(32-3)22(31-2)11-19(21)10-20(24(29)30)13-25-8-9-28-16-26-15-27-28/h4-7,10-12,15-16,25H,8-9,13-14H2,1-3H3. The molecule has 0 spiro atoms. The number of methoxy groups -OCH3 is 2. The number of hydrogen-bond donors (Lipinski definition) is 1. The number of aromatic nitrogens is 4. The maximum Gasteiger partial charge on any atom is 0.255 e. The van der Waals surface area contributed by atoms with Crippen LogP contribution in [-0.2, 0) is 19.6 Å². The summed E-state index contributed by atoms with van der Waals surface area (Å²) in [6, 6.07) is 13.9. The molecule has 0 bridgehead atoms. The number of hydrogen-bond acceptors (Lipinski definition) is 6. The van der Waals surface area contributed by atoms with Crippen LogP contribution in [-0.4, -0.2) is 40.1 Å². The SMILES string of the molecule is COc1cc2cc(CNCCn3cncn3)c(=O)n(Cc3ccc(C)cc3)c2cc1OC. The van der Waals surface area contributed by atoms with E-state index in [0.29, 0.717) is 43.2 Å². The van der Waals surface area contributed by atoms with Crippen molar-refractivity contribution in [3.8, 4) is 11.5 Å². The van der Waals surface area contributed by atoms with Gasteiger partial charge in [-0.1, -0.05) is 29.8 Å². The zero-order valence-electron chi connectivity index (χ0n) is 18.5. The monoisotopic (exact) mass is 433 g/mol. The number of nitrogens with one attached hydrogen (secondary N) is 1. The molecule has 0 aliphatic rings. The lowest BCUT2D eigenvalue weighted by atomic mass is 10.1. The first-order valence-corrected chi connectivity index (χ1v) is 10.5. The number of aryl methyl sites for hydroxylation is 1. The maximum absolute atomic E-state index is 13.5. The average Bonchev–Trinajstić information content (AvgIpc) is 3.33. The zero-order valence-corrected chi connectivity index (χ0v) is 18.5. The lowest BCUT2D eigenvalue weighted by molar-refractivity contribution is 0.355. The van der Waals surface area contributed by atoms with Crippen molar-refractivity contribution in [1.29, 1.82) is 0 Å². The third kappa shape index (κ3) is 4.65. The molecule has 4 aromatic rings. The second-order valence-electron chi connectivity index (χ2n) is 7.65. The summed E-state index contributed by atoms with van der Waals surface area (Å²) in [7, 11) is 3.21. The second kappa shape index (κ2) is 9.65. The van der Waals surface area contributed by atoms with Crippen LogP contribution in [0, 0.1) is 6.92 Å². The molecule has 0 aliphatic carbocycles. The minimum atomic E-state index is -0.0291. The van der Waals surface area contributed by atoms with E-state index < -0.39 is 0 Å². The van der Waals surface area contributed by atoms with E-state index in [-0.39, 0.29) is 5.56 Å². The number of fused-ring (bicyclic) bond motifs is 1. The highest BCUT2D eigenvalue weighted by Gasteiger charge is 2.14. The molecule has 2 aromatic carbocycles. The highest BCUT2D eigenvalue weighted by Crippen LogP contribution is 2.32. The van der Waals surface area contributed by atoms with Gasteiger partial charge in [0.1, 0.15) is 12.7 Å². The highest BCUT2D eigenvalue weighted by molar-refractivity contribution is 5.84. The lowest BCUT2D eigenvalue weighted by Crippen LogP contribution is -2.29. The molecule has 0 unspecified atom stereocenters. The van der Waals surface area contributed by atoms with E-state index in [0.717, 1.165) is 16.5 Å². The Labute approximate surface area is 186 Å². The Balaban J connectivity index is 1.70. The number of benzene rings is 2. The van der Waals surface area contributed by atoms with E-state index >= 15 is 0 Å². The van der Waals surface area contributed by atoms with Crippen LogP contribution < -0.4 is 20.3 Å². The van der Waals surface area contributed by atoms with Crippen molar-refractivity contribution < 1.29 is 9.47 Å². The lowest BCUT2D eigenvalue weighted by Gasteiger charge is -2.16. The van der Waals surface area contributed by atoms with Gasteiger partial charge in [-0.05, 0) is 24.6 Å². The zero-order chi connectivity index (χ0) is 22.5. The van der Waals surface area contributed by atoms with Crippen molar-refractivity contribution in [3.63, 3.8) is 0 Å². The van der Waals surface area contributed by atoms with Gasteiger partial charge in [-0.25, -0.2) is 4.98 Å². The summed E-state index contributed by atoms with van der Waals surface area (Å²) in [5, 5.41) is 8.35. The van der Waals surface area contributed by atoms with Gasteiger partial charge in [-0.15, -0.1) is 0 Å². The highest BCUT2D eigenvalue weighted by atomic mass is 16.5. The van der Waals surface area contributed by atoms with Gasteiger partial charge in [0.2, 0.25) is 0 Å². The van der Waals surface area contributed by atoms with Crippen LogP contribution in [0.3, 0.4) is 0 Å². The van der Waals surface area contributed by atoms with Crippen LogP contribution in [0.1, 0.15) is 16.7 Å². The fourth-order valence-electron chi connectivity index (χ4n) is 3.69. The molecule has 0 aliphatic heterocycles. The molecule has 0 radical (unpaired) electrons. The van der Waals surface area contributed by atoms with Gasteiger partial charge in [-0.3, -0.25) is 9.48 Å². The van der Waals surface area contributed by atoms with Crippen molar-refractivity contribution in [2.24, 2.45) is 0 Å². The molecule has 0 saturated heterocycles. The largest absolute Gasteiger partial charge is 0.493 e. The Bertz CT molecular complexity index is 1250. The Morgan fingerprint density at radius 2 is 1.78 bits per heavy atom. The first-order valence-electron chi connectivity index (χ1n) is 10.5. The van der Waals surface area contributed by atoms with Crippen LogP contribution in [0.15, 0.2) is 59.9 Å². The minimum Gasteiger partial charge on any atom is -0.493 e. The van der Waals surface area contributed by atoms with Crippen molar-refractivity contribution in [1.82, 2.24) is 24.6 Å². The second-order valence-corrected chi connectivity index (χ2v) is 7.65. The van der Waals surface area contributed by atoms with Crippen molar-refractivity contribution in [2.45, 2.75) is 26.6 Å². The van der Waals surface area contributed by atoms with Gasteiger partial charge in [0.05, 0.1) is 32.8 Å². The number of nitrogens with zero attached hydrogens (tertiary/aromatic N) is 4. The summed E-state index contributed by atoms with van der Waals surface area (Å²) in [6.07, 6.45) is 3.18. The summed E-state index contributed by atoms with van der Waals surface area (Å²) >= 11 is 0. The number of rotatable bonds is 9. The van der Waals surface area contributed by atoms with Gasteiger partial charge < -0.3 is 19.4 Å². The van der Waals surface area contributed by atoms with Crippen molar-refractivity contribution >= 4 is 10.9 Å². The van der Waals surface area contributed by atoms with E-state index in [9.17, 15) is 4.79 Å². The summed E-state index contributed by atoms with van der Waals surface area (Å²) in [5.74, 6) is 1.22. The van der Waals surface area contributed by atoms with Gasteiger partial charge in [0.15, 0.2) is 11.5 Å². The normalized spacial score (nSPS) is 11.1. The van der Waals surface area contributed by atoms with E-state index in [4.69, 9.17) is 9.47 Å². The van der Waals surface area contributed by atoms with E-state index in [2.05, 4.69) is 39.7 Å². The van der Waals surface area contributed by atoms with E-state index in [1.807, 2.05) is 25.1 Å². The quantitative estimate of drug-likeness (QED) is 0.409. The molecule has 8 heteroatoms. The first kappa shape index (κ1) is 21.6. The first-order chi connectivity index (χ1) is 15.6. The maximum atomic E-state index is 13.5. The fraction of sp³-hybridized carbons (Fsp3) is 0.292. The van der Waals surface area contributed by atoms with Gasteiger partial charge in [0, 0.05) is 30.1 Å². The van der Waals surface area contributed by atoms with Crippen LogP contribution >= 0.6 is 0 Å². The molecule has 2 heterocycles. The molecule has 0 fully saturated rings. The Morgan fingerprint density at radius 1 is 1.03 bits per heavy atom. The average molecular weight is 434 g/mol. The van der Waals surface area contributed by atoms with Crippen LogP contribution in [0.25, 0.3) is 10.9 Å². The molecule has 32 heavy (non-hydrogen) atoms. The van der Waals surface area contributed by atoms with Gasteiger partial charge >= 0.3 is 0 Å². The van der Waals surface area contributed by atoms with Crippen molar-refractivity contribution in [3.05, 3.63) is 82.2 Å². The molecule has 0 saturated carbocycles. The Morgan fingerprint density at radius 3 is 2.47 bits per heavy atom. The number of pyridine rings is 1. The Hall–Kier alpha value is -3.65. The predicted molar refractivity (Wildman–Crippen MR) is 123 cm³/mol. The molecule has 0 atom stereocenters. The molecule has 8 nitrogen and oxygen atoms in total. The van der Waals surface area contributed by atoms with E-state index in [1.54, 1.807) is 29.8 Å². The molecule has 0 amide bonds.